The Balaban J connectivity index is 1.87. The summed E-state index contributed by atoms with van der Waals surface area (Å²) in [5.41, 5.74) is 0.443. The zero-order chi connectivity index (χ0) is 17.6. The van der Waals surface area contributed by atoms with Gasteiger partial charge in [-0.05, 0) is 36.4 Å². The molecule has 0 aliphatic rings. The van der Waals surface area contributed by atoms with Crippen LogP contribution < -0.4 is 14.8 Å². The summed E-state index contributed by atoms with van der Waals surface area (Å²) in [7, 11) is -2.12. The minimum absolute atomic E-state index is 0.0782. The Labute approximate surface area is 146 Å². The molecule has 0 bridgehead atoms. The number of thiol groups is 1. The monoisotopic (exact) mass is 366 g/mol. The summed E-state index contributed by atoms with van der Waals surface area (Å²) < 4.78 is 31.7. The molecule has 0 spiro atoms. The molecule has 0 saturated carbocycles. The van der Waals surface area contributed by atoms with Crippen molar-refractivity contribution in [2.24, 2.45) is 0 Å². The van der Waals surface area contributed by atoms with E-state index in [1.54, 1.807) is 36.4 Å². The van der Waals surface area contributed by atoms with Gasteiger partial charge >= 0.3 is 0 Å². The molecule has 0 saturated heterocycles. The standard InChI is InChI=1S/C16H18N2O4S2/c1-22-12-6-8-13(9-7-12)24(20,21)18-11-10-17-16(19)14-4-2-3-5-15(14)23/h2-9,18,23H,10-11H2,1H3,(H,17,19). The van der Waals surface area contributed by atoms with Crippen LogP contribution in [-0.2, 0) is 10.0 Å². The first-order valence-corrected chi connectivity index (χ1v) is 9.07. The molecule has 0 unspecified atom stereocenters. The number of carbonyl (C=O) groups is 1. The van der Waals surface area contributed by atoms with Crippen molar-refractivity contribution in [1.82, 2.24) is 10.0 Å². The third-order valence-corrected chi connectivity index (χ3v) is 5.09. The average Bonchev–Trinajstić information content (AvgIpc) is 2.59. The number of benzene rings is 2. The van der Waals surface area contributed by atoms with E-state index < -0.39 is 10.0 Å². The van der Waals surface area contributed by atoms with Crippen LogP contribution in [0.15, 0.2) is 58.3 Å². The zero-order valence-corrected chi connectivity index (χ0v) is 14.7. The number of rotatable bonds is 7. The van der Waals surface area contributed by atoms with Gasteiger partial charge in [-0.2, -0.15) is 0 Å². The van der Waals surface area contributed by atoms with E-state index in [2.05, 4.69) is 22.7 Å². The molecule has 128 valence electrons. The lowest BCUT2D eigenvalue weighted by Crippen LogP contribution is -2.34. The fraction of sp³-hybridized carbons (Fsp3) is 0.188. The molecule has 0 aliphatic carbocycles. The molecule has 0 fully saturated rings. The SMILES string of the molecule is COc1ccc(S(=O)(=O)NCCNC(=O)c2ccccc2S)cc1. The van der Waals surface area contributed by atoms with Crippen LogP contribution in [-0.4, -0.2) is 34.5 Å². The van der Waals surface area contributed by atoms with E-state index in [0.717, 1.165) is 0 Å². The smallest absolute Gasteiger partial charge is 0.252 e. The first-order valence-electron chi connectivity index (χ1n) is 7.14. The van der Waals surface area contributed by atoms with E-state index in [0.29, 0.717) is 16.2 Å². The summed E-state index contributed by atoms with van der Waals surface area (Å²) in [5.74, 6) is 0.274. The predicted molar refractivity (Wildman–Crippen MR) is 94.2 cm³/mol. The predicted octanol–water partition coefficient (Wildman–Crippen LogP) is 1.69. The first kappa shape index (κ1) is 18.3. The second-order valence-electron chi connectivity index (χ2n) is 4.85. The van der Waals surface area contributed by atoms with Gasteiger partial charge in [0.05, 0.1) is 17.6 Å². The number of methoxy groups -OCH3 is 1. The lowest BCUT2D eigenvalue weighted by atomic mass is 10.2. The minimum atomic E-state index is -3.63. The summed E-state index contributed by atoms with van der Waals surface area (Å²) in [5, 5.41) is 2.65. The Morgan fingerprint density at radius 1 is 1.08 bits per heavy atom. The van der Waals surface area contributed by atoms with Crippen molar-refractivity contribution >= 4 is 28.6 Å². The van der Waals surface area contributed by atoms with Gasteiger partial charge in [0.25, 0.3) is 5.91 Å². The Bertz CT molecular complexity index is 805. The third kappa shape index (κ3) is 4.73. The highest BCUT2D eigenvalue weighted by molar-refractivity contribution is 7.89. The summed E-state index contributed by atoms with van der Waals surface area (Å²) in [4.78, 5) is 12.7. The van der Waals surface area contributed by atoms with Crippen molar-refractivity contribution in [3.8, 4) is 5.75 Å². The Kier molecular flexibility index (Phi) is 6.24. The van der Waals surface area contributed by atoms with Gasteiger partial charge < -0.3 is 10.1 Å². The number of hydrogen-bond donors (Lipinski definition) is 3. The summed E-state index contributed by atoms with van der Waals surface area (Å²) in [6.45, 7) is 0.241. The fourth-order valence-electron chi connectivity index (χ4n) is 1.96. The first-order chi connectivity index (χ1) is 11.4. The number of ether oxygens (including phenoxy) is 1. The molecule has 0 aliphatic heterocycles. The van der Waals surface area contributed by atoms with Gasteiger partial charge in [-0.15, -0.1) is 12.6 Å². The molecule has 2 rings (SSSR count). The Morgan fingerprint density at radius 2 is 1.75 bits per heavy atom. The molecule has 0 radical (unpaired) electrons. The molecule has 2 aromatic rings. The van der Waals surface area contributed by atoms with Crippen LogP contribution in [0.4, 0.5) is 0 Å². The maximum Gasteiger partial charge on any atom is 0.252 e. The van der Waals surface area contributed by atoms with Crippen LogP contribution in [0.25, 0.3) is 0 Å². The van der Waals surface area contributed by atoms with Crippen LogP contribution in [0.1, 0.15) is 10.4 Å². The van der Waals surface area contributed by atoms with Gasteiger partial charge in [0.2, 0.25) is 10.0 Å². The number of nitrogens with one attached hydrogen (secondary N) is 2. The van der Waals surface area contributed by atoms with Crippen molar-refractivity contribution in [2.45, 2.75) is 9.79 Å². The van der Waals surface area contributed by atoms with E-state index in [1.807, 2.05) is 0 Å². The Hall–Kier alpha value is -2.03. The quantitative estimate of drug-likeness (QED) is 0.514. The normalized spacial score (nSPS) is 11.1. The number of carbonyl (C=O) groups excluding carboxylic acids is 1. The van der Waals surface area contributed by atoms with Gasteiger partial charge in [0.15, 0.2) is 0 Å². The van der Waals surface area contributed by atoms with Gasteiger partial charge in [0.1, 0.15) is 5.75 Å². The molecular weight excluding hydrogens is 348 g/mol. The van der Waals surface area contributed by atoms with Gasteiger partial charge in [-0.3, -0.25) is 4.79 Å². The van der Waals surface area contributed by atoms with E-state index in [-0.39, 0.29) is 23.9 Å². The summed E-state index contributed by atoms with van der Waals surface area (Å²) >= 11 is 4.21. The lowest BCUT2D eigenvalue weighted by Gasteiger charge is -2.09. The largest absolute Gasteiger partial charge is 0.497 e. The number of hydrogen-bond acceptors (Lipinski definition) is 5. The van der Waals surface area contributed by atoms with E-state index in [1.165, 1.54) is 19.2 Å². The number of amides is 1. The third-order valence-electron chi connectivity index (χ3n) is 3.22. The van der Waals surface area contributed by atoms with Gasteiger partial charge in [0, 0.05) is 18.0 Å². The molecule has 2 N–H and O–H groups in total. The van der Waals surface area contributed by atoms with E-state index >= 15 is 0 Å². The second kappa shape index (κ2) is 8.18. The Morgan fingerprint density at radius 3 is 2.38 bits per heavy atom. The fourth-order valence-corrected chi connectivity index (χ4v) is 3.25. The molecule has 0 heterocycles. The minimum Gasteiger partial charge on any atom is -0.497 e. The zero-order valence-electron chi connectivity index (χ0n) is 13.0. The maximum absolute atomic E-state index is 12.1. The lowest BCUT2D eigenvalue weighted by molar-refractivity contribution is 0.0951. The molecule has 1 amide bonds. The summed E-state index contributed by atoms with van der Waals surface area (Å²) in [6.07, 6.45) is 0. The van der Waals surface area contributed by atoms with Crippen molar-refractivity contribution in [2.75, 3.05) is 20.2 Å². The van der Waals surface area contributed by atoms with Crippen LogP contribution in [0.3, 0.4) is 0 Å². The van der Waals surface area contributed by atoms with Crippen molar-refractivity contribution < 1.29 is 17.9 Å². The van der Waals surface area contributed by atoms with Crippen LogP contribution >= 0.6 is 12.6 Å². The number of sulfonamides is 1. The molecule has 2 aromatic carbocycles. The highest BCUT2D eigenvalue weighted by atomic mass is 32.2. The van der Waals surface area contributed by atoms with Crippen molar-refractivity contribution in [3.63, 3.8) is 0 Å². The van der Waals surface area contributed by atoms with Gasteiger partial charge in [-0.25, -0.2) is 13.1 Å². The van der Waals surface area contributed by atoms with Gasteiger partial charge in [-0.1, -0.05) is 12.1 Å². The average molecular weight is 366 g/mol. The molecular formula is C16H18N2O4S2. The molecule has 0 atom stereocenters. The molecule has 8 heteroatoms. The summed E-state index contributed by atoms with van der Waals surface area (Å²) in [6, 6.07) is 12.9. The highest BCUT2D eigenvalue weighted by Crippen LogP contribution is 2.15. The molecule has 0 aromatic heterocycles. The van der Waals surface area contributed by atoms with Crippen LogP contribution in [0.5, 0.6) is 5.75 Å². The maximum atomic E-state index is 12.1. The highest BCUT2D eigenvalue weighted by Gasteiger charge is 2.14. The van der Waals surface area contributed by atoms with E-state index in [4.69, 9.17) is 4.74 Å². The molecule has 24 heavy (non-hydrogen) atoms. The second-order valence-corrected chi connectivity index (χ2v) is 7.10. The molecule has 6 nitrogen and oxygen atoms in total. The topological polar surface area (TPSA) is 84.5 Å². The van der Waals surface area contributed by atoms with Crippen molar-refractivity contribution in [3.05, 3.63) is 54.1 Å². The van der Waals surface area contributed by atoms with Crippen LogP contribution in [0, 0.1) is 0 Å². The van der Waals surface area contributed by atoms with E-state index in [9.17, 15) is 13.2 Å². The van der Waals surface area contributed by atoms with Crippen molar-refractivity contribution in [1.29, 1.82) is 0 Å². The van der Waals surface area contributed by atoms with Crippen LogP contribution in [0.2, 0.25) is 0 Å².